The van der Waals surface area contributed by atoms with Crippen molar-refractivity contribution >= 4 is 34.7 Å². The van der Waals surface area contributed by atoms with Crippen molar-refractivity contribution in [2.75, 3.05) is 31.5 Å². The van der Waals surface area contributed by atoms with Gasteiger partial charge in [-0.3, -0.25) is 4.79 Å². The fourth-order valence-corrected chi connectivity index (χ4v) is 6.29. The standard InChI is InChI=1S/C28H31N2O3S.C2HF3O2/c1-20-12-13-26(34-20)27(29-23-10-6-3-7-11-23)28(32)33-25-19-30(16-14-22(25)15-17-30)18-24(31)21-8-4-2-5-9-21;3-2(4,5)1(6)7/h2-13,22,25,27,29H,14-19H2,1H3;(H,6,7)/q+1;/p-1/t22?,25-,27?,30?;/m0./s1. The van der Waals surface area contributed by atoms with E-state index in [0.29, 0.717) is 12.5 Å². The van der Waals surface area contributed by atoms with Crippen LogP contribution >= 0.6 is 11.3 Å². The van der Waals surface area contributed by atoms with E-state index in [1.54, 1.807) is 11.3 Å². The lowest BCUT2D eigenvalue weighted by atomic mass is 9.82. The Morgan fingerprint density at radius 2 is 1.59 bits per heavy atom. The fraction of sp³-hybridized carbons (Fsp3) is 0.367. The van der Waals surface area contributed by atoms with Gasteiger partial charge < -0.3 is 24.4 Å². The van der Waals surface area contributed by atoms with Gasteiger partial charge in [-0.25, -0.2) is 4.79 Å². The minimum absolute atomic E-state index is 0.153. The van der Waals surface area contributed by atoms with Gasteiger partial charge in [-0.15, -0.1) is 11.3 Å². The number of nitrogens with one attached hydrogen (secondary N) is 1. The highest BCUT2D eigenvalue weighted by atomic mass is 32.1. The molecule has 0 radical (unpaired) electrons. The number of aryl methyl sites for hydroxylation is 1. The van der Waals surface area contributed by atoms with E-state index in [2.05, 4.69) is 5.32 Å². The van der Waals surface area contributed by atoms with Crippen LogP contribution in [0.1, 0.15) is 39.0 Å². The predicted octanol–water partition coefficient (Wildman–Crippen LogP) is 4.54. The van der Waals surface area contributed by atoms with Crippen LogP contribution in [-0.2, 0) is 14.3 Å². The Balaban J connectivity index is 0.000000493. The Bertz CT molecular complexity index is 1340. The lowest BCUT2D eigenvalue weighted by Crippen LogP contribution is -2.65. The number of carbonyl (C=O) groups excluding carboxylic acids is 3. The van der Waals surface area contributed by atoms with Crippen molar-refractivity contribution in [1.29, 1.82) is 0 Å². The van der Waals surface area contributed by atoms with Gasteiger partial charge in [0.1, 0.15) is 19.1 Å². The number of quaternary nitrogens is 1. The number of rotatable bonds is 8. The molecule has 2 aromatic carbocycles. The molecule has 3 aromatic rings. The number of carbonyl (C=O) groups is 3. The van der Waals surface area contributed by atoms with Crippen LogP contribution in [0.3, 0.4) is 0 Å². The Morgan fingerprint density at radius 3 is 2.12 bits per heavy atom. The second kappa shape index (κ2) is 12.9. The van der Waals surface area contributed by atoms with E-state index in [4.69, 9.17) is 14.6 Å². The van der Waals surface area contributed by atoms with Gasteiger partial charge in [-0.2, -0.15) is 13.2 Å². The molecular formula is C30H31F3N2O5S. The number of ketones is 1. The summed E-state index contributed by atoms with van der Waals surface area (Å²) in [6, 6.07) is 22.8. The van der Waals surface area contributed by atoms with Crippen molar-refractivity contribution in [3.63, 3.8) is 0 Å². The number of ether oxygens (including phenoxy) is 1. The molecule has 3 saturated heterocycles. The first-order valence-corrected chi connectivity index (χ1v) is 14.1. The zero-order valence-electron chi connectivity index (χ0n) is 22.4. The fourth-order valence-electron chi connectivity index (χ4n) is 5.37. The first kappa shape index (κ1) is 30.3. The predicted molar refractivity (Wildman–Crippen MR) is 146 cm³/mol. The first-order valence-electron chi connectivity index (χ1n) is 13.3. The molecule has 6 rings (SSSR count). The largest absolute Gasteiger partial charge is 0.542 e. The van der Waals surface area contributed by atoms with E-state index >= 15 is 0 Å². The second-order valence-electron chi connectivity index (χ2n) is 10.4. The molecular weight excluding hydrogens is 557 g/mol. The van der Waals surface area contributed by atoms with Crippen LogP contribution in [0.2, 0.25) is 0 Å². The molecule has 2 bridgehead atoms. The van der Waals surface area contributed by atoms with Crippen LogP contribution in [-0.4, -0.2) is 60.7 Å². The normalized spacial score (nSPS) is 22.1. The lowest BCUT2D eigenvalue weighted by Gasteiger charge is -2.51. The third-order valence-electron chi connectivity index (χ3n) is 7.48. The van der Waals surface area contributed by atoms with Gasteiger partial charge in [0, 0.05) is 39.8 Å². The topological polar surface area (TPSA) is 95.5 Å². The molecule has 3 aliphatic heterocycles. The number of alkyl halides is 3. The maximum atomic E-state index is 13.5. The monoisotopic (exact) mass is 588 g/mol. The minimum atomic E-state index is -5.19. The van der Waals surface area contributed by atoms with Crippen LogP contribution in [0.15, 0.2) is 72.8 Å². The van der Waals surface area contributed by atoms with Crippen molar-refractivity contribution < 1.29 is 41.9 Å². The molecule has 0 aliphatic carbocycles. The molecule has 4 heterocycles. The number of nitrogens with zero attached hydrogens (tertiary/aromatic N) is 1. The number of aliphatic carboxylic acids is 1. The summed E-state index contributed by atoms with van der Waals surface area (Å²) in [5.74, 6) is -2.70. The second-order valence-corrected chi connectivity index (χ2v) is 11.7. The van der Waals surface area contributed by atoms with E-state index in [1.165, 1.54) is 0 Å². The minimum Gasteiger partial charge on any atom is -0.542 e. The number of benzene rings is 2. The van der Waals surface area contributed by atoms with Gasteiger partial charge in [0.05, 0.1) is 13.1 Å². The van der Waals surface area contributed by atoms with Gasteiger partial charge in [0.15, 0.2) is 12.1 Å². The van der Waals surface area contributed by atoms with Crippen molar-refractivity contribution in [2.24, 2.45) is 5.92 Å². The maximum Gasteiger partial charge on any atom is 0.430 e. The molecule has 218 valence electrons. The van der Waals surface area contributed by atoms with Gasteiger partial charge in [-0.05, 0) is 31.2 Å². The third kappa shape index (κ3) is 7.95. The Morgan fingerprint density at radius 1 is 1.00 bits per heavy atom. The number of carboxylic acids is 1. The molecule has 0 amide bonds. The summed E-state index contributed by atoms with van der Waals surface area (Å²) < 4.78 is 38.5. The average Bonchev–Trinajstić information content (AvgIpc) is 3.38. The number of esters is 1. The average molecular weight is 589 g/mol. The molecule has 1 aromatic heterocycles. The SMILES string of the molecule is Cc1ccc(C(Nc2ccccc2)C(=O)O[C@H]2C[N+]3(CC(=O)c4ccccc4)CCC2CC3)s1.O=C([O-])C(F)(F)F. The highest BCUT2D eigenvalue weighted by Crippen LogP contribution is 2.37. The zero-order chi connectivity index (χ0) is 29.6. The molecule has 3 aliphatic rings. The van der Waals surface area contributed by atoms with Crippen LogP contribution in [0.5, 0.6) is 0 Å². The quantitative estimate of drug-likeness (QED) is 0.236. The number of fused-ring (bicyclic) bond motifs is 3. The Hall–Kier alpha value is -3.70. The number of carboxylic acid groups (broad SMARTS) is 1. The van der Waals surface area contributed by atoms with E-state index in [9.17, 15) is 22.8 Å². The molecule has 1 N–H and O–H groups in total. The van der Waals surface area contributed by atoms with Crippen LogP contribution in [0.25, 0.3) is 0 Å². The van der Waals surface area contributed by atoms with E-state index in [0.717, 1.165) is 58.0 Å². The third-order valence-corrected chi connectivity index (χ3v) is 8.55. The summed E-state index contributed by atoms with van der Waals surface area (Å²) in [7, 11) is 0. The van der Waals surface area contributed by atoms with Crippen molar-refractivity contribution in [1.82, 2.24) is 0 Å². The molecule has 0 spiro atoms. The van der Waals surface area contributed by atoms with Crippen LogP contribution in [0, 0.1) is 12.8 Å². The summed E-state index contributed by atoms with van der Waals surface area (Å²) >= 11 is 1.61. The number of Topliss-reactive ketones (excluding diaryl/α,β-unsaturated/α-hetero) is 1. The molecule has 2 atom stereocenters. The summed E-state index contributed by atoms with van der Waals surface area (Å²) in [6.45, 7) is 5.20. The van der Waals surface area contributed by atoms with Crippen molar-refractivity contribution in [2.45, 2.75) is 38.1 Å². The molecule has 0 saturated carbocycles. The number of thiophene rings is 1. The van der Waals surface area contributed by atoms with Gasteiger partial charge in [0.25, 0.3) is 0 Å². The summed E-state index contributed by atoms with van der Waals surface area (Å²) in [4.78, 5) is 37.4. The van der Waals surface area contributed by atoms with Gasteiger partial charge in [-0.1, -0.05) is 48.5 Å². The number of hydrogen-bond donors (Lipinski definition) is 1. The molecule has 3 fully saturated rings. The van der Waals surface area contributed by atoms with E-state index < -0.39 is 18.2 Å². The van der Waals surface area contributed by atoms with Crippen LogP contribution in [0.4, 0.5) is 18.9 Å². The zero-order valence-corrected chi connectivity index (χ0v) is 23.2. The number of para-hydroxylation sites is 1. The molecule has 11 heteroatoms. The highest BCUT2D eigenvalue weighted by molar-refractivity contribution is 7.12. The summed E-state index contributed by atoms with van der Waals surface area (Å²) in [6.07, 6.45) is -3.36. The van der Waals surface area contributed by atoms with Gasteiger partial charge >= 0.3 is 12.1 Å². The summed E-state index contributed by atoms with van der Waals surface area (Å²) in [5.41, 5.74) is 1.65. The summed E-state index contributed by atoms with van der Waals surface area (Å²) in [5, 5.41) is 12.2. The Kier molecular flexibility index (Phi) is 9.49. The first-order chi connectivity index (χ1) is 19.5. The van der Waals surface area contributed by atoms with E-state index in [-0.39, 0.29) is 17.9 Å². The highest BCUT2D eigenvalue weighted by Gasteiger charge is 2.49. The Labute approximate surface area is 240 Å². The number of piperidine rings is 3. The van der Waals surface area contributed by atoms with Crippen molar-refractivity contribution in [3.8, 4) is 0 Å². The molecule has 7 nitrogen and oxygen atoms in total. The molecule has 41 heavy (non-hydrogen) atoms. The van der Waals surface area contributed by atoms with Crippen LogP contribution < -0.4 is 10.4 Å². The number of halogens is 3. The maximum absolute atomic E-state index is 13.5. The van der Waals surface area contributed by atoms with Gasteiger partial charge in [0.2, 0.25) is 5.78 Å². The number of hydrogen-bond acceptors (Lipinski definition) is 7. The smallest absolute Gasteiger partial charge is 0.430 e. The number of anilines is 1. The lowest BCUT2D eigenvalue weighted by molar-refractivity contribution is -0.938. The molecule has 1 unspecified atom stereocenters. The van der Waals surface area contributed by atoms with E-state index in [1.807, 2.05) is 79.7 Å². The van der Waals surface area contributed by atoms with Crippen molar-refractivity contribution in [3.05, 3.63) is 88.1 Å².